The maximum absolute atomic E-state index is 12.1. The van der Waals surface area contributed by atoms with Crippen molar-refractivity contribution in [2.75, 3.05) is 6.61 Å². The summed E-state index contributed by atoms with van der Waals surface area (Å²) in [5.41, 5.74) is 4.45. The highest BCUT2D eigenvalue weighted by atomic mass is 16.5. The number of hydrogen-bond acceptors (Lipinski definition) is 4. The van der Waals surface area contributed by atoms with Gasteiger partial charge >= 0.3 is 12.1 Å². The van der Waals surface area contributed by atoms with Gasteiger partial charge in [-0.15, -0.1) is 0 Å². The highest BCUT2D eigenvalue weighted by Crippen LogP contribution is 2.44. The third-order valence-electron chi connectivity index (χ3n) is 4.62. The fourth-order valence-electron chi connectivity index (χ4n) is 3.32. The normalized spacial score (nSPS) is 14.8. The predicted molar refractivity (Wildman–Crippen MR) is 95.9 cm³/mol. The van der Waals surface area contributed by atoms with Crippen molar-refractivity contribution >= 4 is 12.1 Å². The molecule has 2 aromatic carbocycles. The first-order valence-corrected chi connectivity index (χ1v) is 8.48. The molecule has 3 rings (SSSR count). The van der Waals surface area contributed by atoms with Crippen LogP contribution in [0.25, 0.3) is 11.1 Å². The van der Waals surface area contributed by atoms with Crippen LogP contribution in [-0.4, -0.2) is 41.0 Å². The number of rotatable bonds is 6. The number of carbonyl (C=O) groups is 2. The molecule has 6 heteroatoms. The van der Waals surface area contributed by atoms with Gasteiger partial charge in [0.1, 0.15) is 6.61 Å². The molecule has 0 unspecified atom stereocenters. The van der Waals surface area contributed by atoms with Crippen LogP contribution in [0.3, 0.4) is 0 Å². The monoisotopic (exact) mass is 355 g/mol. The molecule has 2 atom stereocenters. The van der Waals surface area contributed by atoms with Gasteiger partial charge in [0, 0.05) is 5.92 Å². The van der Waals surface area contributed by atoms with Crippen molar-refractivity contribution in [3.8, 4) is 11.1 Å². The molecule has 1 aliphatic carbocycles. The number of carbonyl (C=O) groups excluding carboxylic acids is 1. The molecule has 0 saturated carbocycles. The van der Waals surface area contributed by atoms with Gasteiger partial charge in [-0.2, -0.15) is 0 Å². The van der Waals surface area contributed by atoms with Crippen LogP contribution in [0.15, 0.2) is 48.5 Å². The molecule has 136 valence electrons. The number of alkyl carbamates (subject to hydrolysis) is 1. The number of aliphatic carboxylic acids is 1. The molecule has 26 heavy (non-hydrogen) atoms. The van der Waals surface area contributed by atoms with Crippen molar-refractivity contribution in [1.29, 1.82) is 0 Å². The molecular weight excluding hydrogens is 334 g/mol. The Morgan fingerprint density at radius 3 is 2.12 bits per heavy atom. The number of benzene rings is 2. The molecule has 0 aromatic heterocycles. The number of aliphatic hydroxyl groups excluding tert-OH is 1. The highest BCUT2D eigenvalue weighted by Gasteiger charge is 2.29. The van der Waals surface area contributed by atoms with Crippen molar-refractivity contribution in [3.63, 3.8) is 0 Å². The first kappa shape index (κ1) is 17.9. The molecule has 0 heterocycles. The van der Waals surface area contributed by atoms with Crippen LogP contribution in [-0.2, 0) is 9.53 Å². The van der Waals surface area contributed by atoms with Gasteiger partial charge in [0.05, 0.1) is 18.6 Å². The predicted octanol–water partition coefficient (Wildman–Crippen LogP) is 2.75. The molecule has 6 nitrogen and oxygen atoms in total. The molecule has 3 N–H and O–H groups in total. The lowest BCUT2D eigenvalue weighted by Crippen LogP contribution is -2.44. The van der Waals surface area contributed by atoms with Gasteiger partial charge in [-0.05, 0) is 29.2 Å². The fourth-order valence-corrected chi connectivity index (χ4v) is 3.32. The molecule has 0 aliphatic heterocycles. The standard InChI is InChI=1S/C20H21NO5/c1-12(22)18(10-19(23)24)21-20(25)26-11-17-15-8-4-2-6-13(15)14-7-3-5-9-16(14)17/h2-9,12,17-18,22H,10-11H2,1H3,(H,21,25)(H,23,24)/t12-,18+/m0/s1. The van der Waals surface area contributed by atoms with Crippen molar-refractivity contribution in [2.24, 2.45) is 0 Å². The highest BCUT2D eigenvalue weighted by molar-refractivity contribution is 5.79. The zero-order chi connectivity index (χ0) is 18.7. The summed E-state index contributed by atoms with van der Waals surface area (Å²) in [6.45, 7) is 1.57. The van der Waals surface area contributed by atoms with Gasteiger partial charge in [-0.3, -0.25) is 4.79 Å². The van der Waals surface area contributed by atoms with Crippen molar-refractivity contribution in [1.82, 2.24) is 5.32 Å². The van der Waals surface area contributed by atoms with Crippen molar-refractivity contribution in [3.05, 3.63) is 59.7 Å². The van der Waals surface area contributed by atoms with Gasteiger partial charge in [-0.25, -0.2) is 4.79 Å². The summed E-state index contributed by atoms with van der Waals surface area (Å²) in [5, 5.41) is 20.9. The number of hydrogen-bond donors (Lipinski definition) is 3. The van der Waals surface area contributed by atoms with Gasteiger partial charge in [-0.1, -0.05) is 48.5 Å². The van der Waals surface area contributed by atoms with Gasteiger partial charge in [0.25, 0.3) is 0 Å². The quantitative estimate of drug-likeness (QED) is 0.740. The topological polar surface area (TPSA) is 95.9 Å². The zero-order valence-electron chi connectivity index (χ0n) is 14.4. The third kappa shape index (κ3) is 3.70. The summed E-state index contributed by atoms with van der Waals surface area (Å²) in [7, 11) is 0. The van der Waals surface area contributed by atoms with E-state index >= 15 is 0 Å². The largest absolute Gasteiger partial charge is 0.481 e. The van der Waals surface area contributed by atoms with Gasteiger partial charge < -0.3 is 20.3 Å². The molecule has 0 radical (unpaired) electrons. The first-order valence-electron chi connectivity index (χ1n) is 8.48. The van der Waals surface area contributed by atoms with E-state index in [1.165, 1.54) is 6.92 Å². The van der Waals surface area contributed by atoms with E-state index in [4.69, 9.17) is 9.84 Å². The number of nitrogens with one attached hydrogen (secondary N) is 1. The summed E-state index contributed by atoms with van der Waals surface area (Å²) >= 11 is 0. The second kappa shape index (κ2) is 7.58. The summed E-state index contributed by atoms with van der Waals surface area (Å²) in [5.74, 6) is -1.17. The van der Waals surface area contributed by atoms with Crippen LogP contribution >= 0.6 is 0 Å². The molecule has 1 aliphatic rings. The number of carboxylic acids is 1. The fraction of sp³-hybridized carbons (Fsp3) is 0.300. The van der Waals surface area contributed by atoms with E-state index in [0.717, 1.165) is 22.3 Å². The molecule has 0 bridgehead atoms. The lowest BCUT2D eigenvalue weighted by Gasteiger charge is -2.20. The minimum Gasteiger partial charge on any atom is -0.481 e. The molecule has 1 amide bonds. The third-order valence-corrected chi connectivity index (χ3v) is 4.62. The molecule has 2 aromatic rings. The van der Waals surface area contributed by atoms with Crippen LogP contribution < -0.4 is 5.32 Å². The molecular formula is C20H21NO5. The van der Waals surface area contributed by atoms with E-state index in [-0.39, 0.29) is 18.9 Å². The molecule has 0 fully saturated rings. The minimum absolute atomic E-state index is 0.0716. The molecule has 0 spiro atoms. The Morgan fingerprint density at radius 1 is 1.08 bits per heavy atom. The second-order valence-corrected chi connectivity index (χ2v) is 6.41. The number of aliphatic hydroxyl groups is 1. The van der Waals surface area contributed by atoms with Crippen molar-refractivity contribution in [2.45, 2.75) is 31.4 Å². The minimum atomic E-state index is -1.10. The number of ether oxygens (including phenoxy) is 1. The van der Waals surface area contributed by atoms with Crippen LogP contribution in [0.5, 0.6) is 0 Å². The van der Waals surface area contributed by atoms with E-state index in [9.17, 15) is 14.7 Å². The van der Waals surface area contributed by atoms with Crippen LogP contribution in [0.4, 0.5) is 4.79 Å². The average Bonchev–Trinajstić information content (AvgIpc) is 2.93. The second-order valence-electron chi connectivity index (χ2n) is 6.41. The Morgan fingerprint density at radius 2 is 1.62 bits per heavy atom. The Labute approximate surface area is 151 Å². The Balaban J connectivity index is 1.70. The lowest BCUT2D eigenvalue weighted by molar-refractivity contribution is -0.138. The van der Waals surface area contributed by atoms with Crippen LogP contribution in [0.1, 0.15) is 30.4 Å². The Hall–Kier alpha value is -2.86. The van der Waals surface area contributed by atoms with E-state index in [0.29, 0.717) is 0 Å². The summed E-state index contributed by atoms with van der Waals surface area (Å²) in [6.07, 6.45) is -2.10. The molecule has 0 saturated heterocycles. The summed E-state index contributed by atoms with van der Waals surface area (Å²) < 4.78 is 5.35. The number of amides is 1. The average molecular weight is 355 g/mol. The number of carboxylic acid groups (broad SMARTS) is 1. The Bertz CT molecular complexity index is 772. The Kier molecular flexibility index (Phi) is 5.23. The lowest BCUT2D eigenvalue weighted by atomic mass is 9.98. The SMILES string of the molecule is C[C@H](O)[C@@H](CC(=O)O)NC(=O)OCC1c2ccccc2-c2ccccc21. The van der Waals surface area contributed by atoms with Gasteiger partial charge in [0.15, 0.2) is 0 Å². The first-order chi connectivity index (χ1) is 12.5. The van der Waals surface area contributed by atoms with E-state index in [2.05, 4.69) is 5.32 Å². The maximum atomic E-state index is 12.1. The van der Waals surface area contributed by atoms with E-state index < -0.39 is 24.2 Å². The smallest absolute Gasteiger partial charge is 0.407 e. The maximum Gasteiger partial charge on any atom is 0.407 e. The van der Waals surface area contributed by atoms with Crippen molar-refractivity contribution < 1.29 is 24.5 Å². The number of fused-ring (bicyclic) bond motifs is 3. The summed E-state index contributed by atoms with van der Waals surface area (Å²) in [6, 6.07) is 15.1. The zero-order valence-corrected chi connectivity index (χ0v) is 14.4. The summed E-state index contributed by atoms with van der Waals surface area (Å²) in [4.78, 5) is 22.9. The van der Waals surface area contributed by atoms with E-state index in [1.807, 2.05) is 48.5 Å². The van der Waals surface area contributed by atoms with Gasteiger partial charge in [0.2, 0.25) is 0 Å². The van der Waals surface area contributed by atoms with Crippen LogP contribution in [0, 0.1) is 0 Å². The van der Waals surface area contributed by atoms with Crippen LogP contribution in [0.2, 0.25) is 0 Å². The van der Waals surface area contributed by atoms with E-state index in [1.54, 1.807) is 0 Å².